The van der Waals surface area contributed by atoms with E-state index < -0.39 is 0 Å². The van der Waals surface area contributed by atoms with Gasteiger partial charge in [-0.3, -0.25) is 4.90 Å². The summed E-state index contributed by atoms with van der Waals surface area (Å²) in [6, 6.07) is 6.50. The molecule has 7 nitrogen and oxygen atoms in total. The summed E-state index contributed by atoms with van der Waals surface area (Å²) in [6.45, 7) is 9.05. The van der Waals surface area contributed by atoms with Gasteiger partial charge in [0.1, 0.15) is 12.3 Å². The lowest BCUT2D eigenvalue weighted by Gasteiger charge is -2.42. The lowest BCUT2D eigenvalue weighted by Crippen LogP contribution is -2.53. The van der Waals surface area contributed by atoms with Crippen LogP contribution in [0.4, 0.5) is 5.69 Å². The molecule has 1 radical (unpaired) electrons. The summed E-state index contributed by atoms with van der Waals surface area (Å²) in [5.41, 5.74) is 3.48. The number of benzene rings is 1. The molecule has 2 atom stereocenters. The molecule has 2 saturated heterocycles. The first kappa shape index (κ1) is 17.3. The number of piperazine rings is 1. The van der Waals surface area contributed by atoms with Crippen LogP contribution in [0.5, 0.6) is 0 Å². The number of anilines is 1. The second-order valence-corrected chi connectivity index (χ2v) is 6.90. The van der Waals surface area contributed by atoms with Crippen molar-refractivity contribution < 1.29 is 14.3 Å². The van der Waals surface area contributed by atoms with E-state index in [1.165, 1.54) is 11.2 Å². The smallest absolute Gasteiger partial charge is 0.417 e. The molecule has 2 aliphatic rings. The van der Waals surface area contributed by atoms with Crippen molar-refractivity contribution in [3.63, 3.8) is 0 Å². The Labute approximate surface area is 153 Å². The van der Waals surface area contributed by atoms with Gasteiger partial charge in [-0.2, -0.15) is 0 Å². The van der Waals surface area contributed by atoms with E-state index in [1.807, 2.05) is 6.33 Å². The standard InChI is InChI=1S/C19H25N4O3/c1-2-21-13-20-17-4-3-15(11-18(17)21)22-6-8-23(9-7-22)19-12-16(26-14-24)5-10-25-19/h3-4,11,13,16,19H,2,5-10,12H2,1H3. The predicted molar refractivity (Wildman–Crippen MR) is 98.7 cm³/mol. The van der Waals surface area contributed by atoms with E-state index in [0.29, 0.717) is 6.61 Å². The van der Waals surface area contributed by atoms with Crippen LogP contribution in [-0.4, -0.2) is 66.0 Å². The van der Waals surface area contributed by atoms with Gasteiger partial charge >= 0.3 is 6.47 Å². The van der Waals surface area contributed by atoms with Crippen LogP contribution in [-0.2, 0) is 20.8 Å². The summed E-state index contributed by atoms with van der Waals surface area (Å²) in [5.74, 6) is 0. The lowest BCUT2D eigenvalue weighted by atomic mass is 10.1. The highest BCUT2D eigenvalue weighted by Gasteiger charge is 2.30. The normalized spacial score (nSPS) is 24.7. The Balaban J connectivity index is 1.39. The van der Waals surface area contributed by atoms with E-state index in [1.54, 1.807) is 6.47 Å². The largest absolute Gasteiger partial charge is 0.454 e. The molecule has 2 unspecified atom stereocenters. The summed E-state index contributed by atoms with van der Waals surface area (Å²) in [7, 11) is 0. The highest BCUT2D eigenvalue weighted by Crippen LogP contribution is 2.25. The Morgan fingerprint density at radius 2 is 2.15 bits per heavy atom. The van der Waals surface area contributed by atoms with Crippen LogP contribution in [0.25, 0.3) is 11.0 Å². The molecule has 0 amide bonds. The second kappa shape index (κ2) is 7.63. The lowest BCUT2D eigenvalue weighted by molar-refractivity contribution is -0.118. The van der Waals surface area contributed by atoms with E-state index in [0.717, 1.165) is 51.1 Å². The molecule has 0 spiro atoms. The zero-order chi connectivity index (χ0) is 17.9. The second-order valence-electron chi connectivity index (χ2n) is 6.90. The summed E-state index contributed by atoms with van der Waals surface area (Å²) in [6.07, 6.45) is 3.37. The fourth-order valence-corrected chi connectivity index (χ4v) is 3.94. The van der Waals surface area contributed by atoms with E-state index in [-0.39, 0.29) is 12.3 Å². The van der Waals surface area contributed by atoms with Crippen LogP contribution in [0.3, 0.4) is 0 Å². The summed E-state index contributed by atoms with van der Waals surface area (Å²) in [4.78, 5) is 19.7. The summed E-state index contributed by atoms with van der Waals surface area (Å²) in [5, 5.41) is 0. The van der Waals surface area contributed by atoms with Crippen molar-refractivity contribution in [2.75, 3.05) is 37.7 Å². The molecule has 26 heavy (non-hydrogen) atoms. The third-order valence-electron chi connectivity index (χ3n) is 5.46. The molecular weight excluding hydrogens is 332 g/mol. The molecule has 2 fully saturated rings. The first-order valence-electron chi connectivity index (χ1n) is 9.36. The highest BCUT2D eigenvalue weighted by atomic mass is 16.5. The minimum Gasteiger partial charge on any atom is -0.454 e. The minimum atomic E-state index is -0.0685. The maximum absolute atomic E-state index is 10.5. The number of nitrogens with zero attached hydrogens (tertiary/aromatic N) is 4. The summed E-state index contributed by atoms with van der Waals surface area (Å²) >= 11 is 0. The maximum Gasteiger partial charge on any atom is 0.417 e. The summed E-state index contributed by atoms with van der Waals surface area (Å²) < 4.78 is 13.1. The van der Waals surface area contributed by atoms with Crippen molar-refractivity contribution >= 4 is 23.2 Å². The van der Waals surface area contributed by atoms with Crippen LogP contribution in [0.2, 0.25) is 0 Å². The number of imidazole rings is 1. The van der Waals surface area contributed by atoms with Gasteiger partial charge in [0, 0.05) is 51.3 Å². The topological polar surface area (TPSA) is 59.8 Å². The predicted octanol–water partition coefficient (Wildman–Crippen LogP) is 1.77. The first-order valence-corrected chi connectivity index (χ1v) is 9.36. The first-order chi connectivity index (χ1) is 12.8. The van der Waals surface area contributed by atoms with Gasteiger partial charge in [0.25, 0.3) is 0 Å². The molecule has 2 aliphatic heterocycles. The Kier molecular flexibility index (Phi) is 5.08. The van der Waals surface area contributed by atoms with Crippen molar-refractivity contribution in [3.05, 3.63) is 24.5 Å². The Hall–Kier alpha value is -2.12. The van der Waals surface area contributed by atoms with E-state index in [2.05, 4.69) is 44.5 Å². The zero-order valence-corrected chi connectivity index (χ0v) is 15.1. The fraction of sp³-hybridized carbons (Fsp3) is 0.579. The average Bonchev–Trinajstić information content (AvgIpc) is 3.11. The third-order valence-corrected chi connectivity index (χ3v) is 5.46. The van der Waals surface area contributed by atoms with Crippen molar-refractivity contribution in [2.45, 2.75) is 38.6 Å². The number of rotatable bonds is 5. The Bertz CT molecular complexity index is 754. The highest BCUT2D eigenvalue weighted by molar-refractivity contribution is 5.80. The molecule has 0 saturated carbocycles. The van der Waals surface area contributed by atoms with E-state index >= 15 is 0 Å². The molecule has 139 valence electrons. The number of aryl methyl sites for hydroxylation is 1. The van der Waals surface area contributed by atoms with Crippen LogP contribution in [0.15, 0.2) is 24.5 Å². The van der Waals surface area contributed by atoms with E-state index in [4.69, 9.17) is 9.47 Å². The van der Waals surface area contributed by atoms with E-state index in [9.17, 15) is 4.79 Å². The monoisotopic (exact) mass is 357 g/mol. The fourth-order valence-electron chi connectivity index (χ4n) is 3.94. The van der Waals surface area contributed by atoms with Crippen molar-refractivity contribution in [2.24, 2.45) is 0 Å². The number of ether oxygens (including phenoxy) is 2. The number of aromatic nitrogens is 2. The molecule has 4 rings (SSSR count). The van der Waals surface area contributed by atoms with Gasteiger partial charge in [-0.1, -0.05) is 0 Å². The molecule has 0 aliphatic carbocycles. The molecule has 0 N–H and O–H groups in total. The van der Waals surface area contributed by atoms with Crippen LogP contribution in [0.1, 0.15) is 19.8 Å². The minimum absolute atomic E-state index is 0.0354. The molecular formula is C19H25N4O3. The zero-order valence-electron chi connectivity index (χ0n) is 15.1. The molecule has 1 aromatic heterocycles. The van der Waals surface area contributed by atoms with Crippen LogP contribution >= 0.6 is 0 Å². The molecule has 0 bridgehead atoms. The Morgan fingerprint density at radius 3 is 2.92 bits per heavy atom. The molecule has 2 aromatic rings. The number of hydrogen-bond donors (Lipinski definition) is 0. The average molecular weight is 357 g/mol. The van der Waals surface area contributed by atoms with Gasteiger partial charge in [0.05, 0.1) is 24.0 Å². The quantitative estimate of drug-likeness (QED) is 0.813. The van der Waals surface area contributed by atoms with Gasteiger partial charge < -0.3 is 18.9 Å². The third kappa shape index (κ3) is 3.41. The van der Waals surface area contributed by atoms with Crippen molar-refractivity contribution in [1.82, 2.24) is 14.5 Å². The number of carbonyl (C=O) groups excluding carboxylic acids is 1. The van der Waals surface area contributed by atoms with Gasteiger partial charge in [-0.25, -0.2) is 9.78 Å². The van der Waals surface area contributed by atoms with Crippen LogP contribution < -0.4 is 4.90 Å². The maximum atomic E-state index is 10.5. The van der Waals surface area contributed by atoms with Gasteiger partial charge in [-0.15, -0.1) is 0 Å². The van der Waals surface area contributed by atoms with Crippen molar-refractivity contribution in [1.29, 1.82) is 0 Å². The van der Waals surface area contributed by atoms with Gasteiger partial charge in [0.2, 0.25) is 0 Å². The number of fused-ring (bicyclic) bond motifs is 1. The number of hydrogen-bond acceptors (Lipinski definition) is 6. The van der Waals surface area contributed by atoms with Gasteiger partial charge in [0.15, 0.2) is 0 Å². The molecule has 7 heteroatoms. The Morgan fingerprint density at radius 1 is 1.31 bits per heavy atom. The SMILES string of the molecule is CCn1cnc2ccc(N3CCN(C4CC(O[C]=O)CCO4)CC3)cc21. The molecule has 3 heterocycles. The molecule has 1 aromatic carbocycles. The van der Waals surface area contributed by atoms with Gasteiger partial charge in [-0.05, 0) is 25.1 Å². The van der Waals surface area contributed by atoms with Crippen molar-refractivity contribution in [3.8, 4) is 0 Å². The van der Waals surface area contributed by atoms with Crippen LogP contribution in [0, 0.1) is 0 Å².